The van der Waals surface area contributed by atoms with Gasteiger partial charge < -0.3 is 15.0 Å². The van der Waals surface area contributed by atoms with E-state index in [1.165, 1.54) is 0 Å². The molecule has 1 heterocycles. The molecule has 118 valence electrons. The molecule has 4 heteroatoms. The van der Waals surface area contributed by atoms with Crippen molar-refractivity contribution in [1.82, 2.24) is 4.90 Å². The number of nitrogens with one attached hydrogen (secondary N) is 1. The molecule has 0 bridgehead atoms. The molecule has 1 N–H and O–H groups in total. The van der Waals surface area contributed by atoms with Crippen LogP contribution in [0.3, 0.4) is 0 Å². The fourth-order valence-corrected chi connectivity index (χ4v) is 2.67. The molecule has 4 nitrogen and oxygen atoms in total. The van der Waals surface area contributed by atoms with Crippen LogP contribution in [-0.4, -0.2) is 24.5 Å². The number of carbonyl (C=O) groups excluding carboxylic acids is 1. The number of hydrogen-bond donors (Lipinski definition) is 1. The van der Waals surface area contributed by atoms with Gasteiger partial charge in [0.05, 0.1) is 5.56 Å². The summed E-state index contributed by atoms with van der Waals surface area (Å²) in [5, 5.41) is 3.42. The second-order valence-electron chi connectivity index (χ2n) is 5.79. The quantitative estimate of drug-likeness (QED) is 0.873. The van der Waals surface area contributed by atoms with Crippen LogP contribution in [0.1, 0.15) is 29.0 Å². The van der Waals surface area contributed by atoms with Crippen LogP contribution < -0.4 is 10.1 Å². The second-order valence-corrected chi connectivity index (χ2v) is 5.79. The van der Waals surface area contributed by atoms with Gasteiger partial charge in [0, 0.05) is 18.3 Å². The zero-order valence-corrected chi connectivity index (χ0v) is 13.4. The van der Waals surface area contributed by atoms with E-state index in [2.05, 4.69) is 11.9 Å². The average molecular weight is 308 g/mol. The third-order valence-corrected chi connectivity index (χ3v) is 3.85. The van der Waals surface area contributed by atoms with Gasteiger partial charge in [-0.25, -0.2) is 0 Å². The molecule has 0 saturated carbocycles. The molecule has 0 radical (unpaired) electrons. The monoisotopic (exact) mass is 308 g/mol. The van der Waals surface area contributed by atoms with Gasteiger partial charge in [0.25, 0.3) is 5.91 Å². The number of anilines is 1. The highest BCUT2D eigenvalue weighted by molar-refractivity contribution is 6.01. The summed E-state index contributed by atoms with van der Waals surface area (Å²) in [5.41, 5.74) is 3.41. The Hall–Kier alpha value is -2.75. The Labute approximate surface area is 136 Å². The van der Waals surface area contributed by atoms with E-state index in [1.807, 2.05) is 55.5 Å². The van der Waals surface area contributed by atoms with E-state index in [-0.39, 0.29) is 12.1 Å². The first-order valence-corrected chi connectivity index (χ1v) is 7.57. The van der Waals surface area contributed by atoms with Crippen LogP contribution >= 0.6 is 0 Å². The minimum Gasteiger partial charge on any atom is -0.489 e. The maximum atomic E-state index is 12.6. The summed E-state index contributed by atoms with van der Waals surface area (Å²) < 4.78 is 5.85. The third-order valence-electron chi connectivity index (χ3n) is 3.85. The minimum absolute atomic E-state index is 0.000876. The largest absolute Gasteiger partial charge is 0.489 e. The van der Waals surface area contributed by atoms with E-state index >= 15 is 0 Å². The summed E-state index contributed by atoms with van der Waals surface area (Å²) in [6, 6.07) is 15.3. The van der Waals surface area contributed by atoms with Gasteiger partial charge in [0.2, 0.25) is 0 Å². The normalized spacial score (nSPS) is 16.5. The highest BCUT2D eigenvalue weighted by Crippen LogP contribution is 2.35. The summed E-state index contributed by atoms with van der Waals surface area (Å²) >= 11 is 0. The molecule has 3 rings (SSSR count). The zero-order valence-electron chi connectivity index (χ0n) is 13.4. The molecule has 1 aliphatic rings. The molecule has 1 atom stereocenters. The number of ether oxygens (including phenoxy) is 1. The van der Waals surface area contributed by atoms with Gasteiger partial charge in [0.15, 0.2) is 0 Å². The Balaban J connectivity index is 1.96. The molecule has 2 aromatic rings. The number of carbonyl (C=O) groups is 1. The van der Waals surface area contributed by atoms with Crippen molar-refractivity contribution in [3.8, 4) is 5.75 Å². The topological polar surface area (TPSA) is 41.6 Å². The van der Waals surface area contributed by atoms with Crippen LogP contribution in [0.2, 0.25) is 0 Å². The Morgan fingerprint density at radius 2 is 1.91 bits per heavy atom. The lowest BCUT2D eigenvalue weighted by molar-refractivity contribution is 0.0733. The standard InChI is InChI=1S/C19H20N2O2/c1-13(2)12-23-17-11-7-5-9-15(17)18-20-16-10-6-4-8-14(16)19(22)21(18)3/h4-11,18,20H,1,12H2,2-3H3. The molecule has 1 aliphatic heterocycles. The summed E-state index contributed by atoms with van der Waals surface area (Å²) in [4.78, 5) is 14.3. The lowest BCUT2D eigenvalue weighted by atomic mass is 10.0. The van der Waals surface area contributed by atoms with E-state index in [4.69, 9.17) is 4.74 Å². The average Bonchev–Trinajstić information content (AvgIpc) is 2.56. The summed E-state index contributed by atoms with van der Waals surface area (Å²) in [7, 11) is 1.80. The van der Waals surface area contributed by atoms with Gasteiger partial charge in [-0.1, -0.05) is 36.9 Å². The smallest absolute Gasteiger partial charge is 0.257 e. The third kappa shape index (κ3) is 2.93. The Kier molecular flexibility index (Phi) is 4.06. The lowest BCUT2D eigenvalue weighted by Gasteiger charge is -2.36. The van der Waals surface area contributed by atoms with Gasteiger partial charge in [0.1, 0.15) is 18.5 Å². The van der Waals surface area contributed by atoms with Gasteiger partial charge in [-0.15, -0.1) is 0 Å². The highest BCUT2D eigenvalue weighted by atomic mass is 16.5. The van der Waals surface area contributed by atoms with Crippen molar-refractivity contribution in [2.75, 3.05) is 19.0 Å². The second kappa shape index (κ2) is 6.16. The fourth-order valence-electron chi connectivity index (χ4n) is 2.67. The van der Waals surface area contributed by atoms with Crippen molar-refractivity contribution in [2.24, 2.45) is 0 Å². The summed E-state index contributed by atoms with van der Waals surface area (Å²) in [6.07, 6.45) is -0.265. The maximum Gasteiger partial charge on any atom is 0.257 e. The molecule has 0 spiro atoms. The Bertz CT molecular complexity index is 755. The number of para-hydroxylation sites is 2. The van der Waals surface area contributed by atoms with Crippen LogP contribution in [0.5, 0.6) is 5.75 Å². The lowest BCUT2D eigenvalue weighted by Crippen LogP contribution is -2.40. The van der Waals surface area contributed by atoms with Gasteiger partial charge in [-0.2, -0.15) is 0 Å². The molecule has 0 aliphatic carbocycles. The van der Waals surface area contributed by atoms with Crippen molar-refractivity contribution in [3.63, 3.8) is 0 Å². The number of amides is 1. The number of fused-ring (bicyclic) bond motifs is 1. The highest BCUT2D eigenvalue weighted by Gasteiger charge is 2.31. The van der Waals surface area contributed by atoms with Crippen LogP contribution in [0.15, 0.2) is 60.7 Å². The SMILES string of the molecule is C=C(C)COc1ccccc1C1Nc2ccccc2C(=O)N1C. The van der Waals surface area contributed by atoms with E-state index in [9.17, 15) is 4.79 Å². The number of rotatable bonds is 4. The van der Waals surface area contributed by atoms with Crippen molar-refractivity contribution in [2.45, 2.75) is 13.1 Å². The van der Waals surface area contributed by atoms with Crippen LogP contribution in [-0.2, 0) is 0 Å². The Morgan fingerprint density at radius 1 is 1.22 bits per heavy atom. The van der Waals surface area contributed by atoms with Gasteiger partial charge in [-0.3, -0.25) is 4.79 Å². The number of nitrogens with zero attached hydrogens (tertiary/aromatic N) is 1. The zero-order chi connectivity index (χ0) is 16.4. The fraction of sp³-hybridized carbons (Fsp3) is 0.211. The molecule has 0 saturated heterocycles. The van der Waals surface area contributed by atoms with Crippen molar-refractivity contribution < 1.29 is 9.53 Å². The maximum absolute atomic E-state index is 12.6. The molecule has 0 aromatic heterocycles. The van der Waals surface area contributed by atoms with Crippen LogP contribution in [0.25, 0.3) is 0 Å². The van der Waals surface area contributed by atoms with Crippen molar-refractivity contribution >= 4 is 11.6 Å². The van der Waals surface area contributed by atoms with Crippen molar-refractivity contribution in [3.05, 3.63) is 71.8 Å². The molecular formula is C19H20N2O2. The van der Waals surface area contributed by atoms with Gasteiger partial charge >= 0.3 is 0 Å². The predicted molar refractivity (Wildman–Crippen MR) is 91.7 cm³/mol. The molecular weight excluding hydrogens is 288 g/mol. The van der Waals surface area contributed by atoms with Gasteiger partial charge in [-0.05, 0) is 30.7 Å². The Morgan fingerprint density at radius 3 is 2.70 bits per heavy atom. The molecule has 0 fully saturated rings. The molecule has 1 amide bonds. The first-order chi connectivity index (χ1) is 11.1. The molecule has 2 aromatic carbocycles. The number of benzene rings is 2. The minimum atomic E-state index is -0.265. The summed E-state index contributed by atoms with van der Waals surface area (Å²) in [6.45, 7) is 6.24. The van der Waals surface area contributed by atoms with E-state index in [0.717, 1.165) is 22.6 Å². The summed E-state index contributed by atoms with van der Waals surface area (Å²) in [5.74, 6) is 0.756. The molecule has 23 heavy (non-hydrogen) atoms. The van der Waals surface area contributed by atoms with E-state index in [0.29, 0.717) is 12.2 Å². The molecule has 1 unspecified atom stereocenters. The first kappa shape index (κ1) is 15.2. The van der Waals surface area contributed by atoms with Crippen LogP contribution in [0.4, 0.5) is 5.69 Å². The predicted octanol–water partition coefficient (Wildman–Crippen LogP) is 3.84. The van der Waals surface area contributed by atoms with E-state index in [1.54, 1.807) is 11.9 Å². The first-order valence-electron chi connectivity index (χ1n) is 7.57. The van der Waals surface area contributed by atoms with Crippen molar-refractivity contribution in [1.29, 1.82) is 0 Å². The van der Waals surface area contributed by atoms with E-state index < -0.39 is 0 Å². The van der Waals surface area contributed by atoms with Crippen LogP contribution in [0, 0.1) is 0 Å². The number of hydrogen-bond acceptors (Lipinski definition) is 3.